The van der Waals surface area contributed by atoms with Crippen molar-refractivity contribution < 1.29 is 4.42 Å². The van der Waals surface area contributed by atoms with Crippen molar-refractivity contribution in [3.8, 4) is 0 Å². The second-order valence-electron chi connectivity index (χ2n) is 1.23. The van der Waals surface area contributed by atoms with E-state index in [-0.39, 0.29) is 17.0 Å². The normalized spacial score (nSPS) is 7.62. The number of anilines is 1. The fourth-order valence-electron chi connectivity index (χ4n) is 0.421. The summed E-state index contributed by atoms with van der Waals surface area (Å²) in [5.41, 5.74) is 0. The first-order valence-electron chi connectivity index (χ1n) is 2.15. The lowest BCUT2D eigenvalue weighted by molar-refractivity contribution is 0.583. The average molecular weight is 178 g/mol. The Morgan fingerprint density at radius 2 is 2.38 bits per heavy atom. The lowest BCUT2D eigenvalue weighted by Crippen LogP contribution is -1.81. The molecular formula is C5H8BrNO. The largest absolute Gasteiger partial charge is 0.449 e. The van der Waals surface area contributed by atoms with Crippen LogP contribution in [-0.4, -0.2) is 7.05 Å². The molecule has 0 amide bonds. The van der Waals surface area contributed by atoms with Crippen LogP contribution in [0.3, 0.4) is 0 Å². The number of furan rings is 1. The van der Waals surface area contributed by atoms with Crippen molar-refractivity contribution in [2.75, 3.05) is 12.4 Å². The summed E-state index contributed by atoms with van der Waals surface area (Å²) < 4.78 is 4.87. The topological polar surface area (TPSA) is 25.2 Å². The molecule has 1 aromatic rings. The zero-order chi connectivity index (χ0) is 5.11. The van der Waals surface area contributed by atoms with Crippen molar-refractivity contribution in [1.82, 2.24) is 0 Å². The van der Waals surface area contributed by atoms with Gasteiger partial charge in [0.1, 0.15) is 0 Å². The molecule has 0 fully saturated rings. The van der Waals surface area contributed by atoms with Gasteiger partial charge in [-0.05, 0) is 6.07 Å². The Kier molecular flexibility index (Phi) is 3.35. The molecule has 0 unspecified atom stereocenters. The van der Waals surface area contributed by atoms with Gasteiger partial charge in [-0.2, -0.15) is 0 Å². The van der Waals surface area contributed by atoms with Gasteiger partial charge >= 0.3 is 0 Å². The summed E-state index contributed by atoms with van der Waals surface area (Å²) in [6, 6.07) is 3.70. The van der Waals surface area contributed by atoms with Crippen LogP contribution in [0.15, 0.2) is 22.8 Å². The molecule has 0 aliphatic rings. The molecule has 0 spiro atoms. The molecule has 8 heavy (non-hydrogen) atoms. The lowest BCUT2D eigenvalue weighted by atomic mass is 10.6. The third-order valence-corrected chi connectivity index (χ3v) is 0.768. The average Bonchev–Trinajstić information content (AvgIpc) is 2.14. The van der Waals surface area contributed by atoms with Gasteiger partial charge in [-0.1, -0.05) is 0 Å². The molecular weight excluding hydrogens is 170 g/mol. The van der Waals surface area contributed by atoms with Gasteiger partial charge < -0.3 is 9.73 Å². The molecule has 0 atom stereocenters. The molecule has 0 aliphatic carbocycles. The van der Waals surface area contributed by atoms with Crippen LogP contribution >= 0.6 is 17.0 Å². The highest BCUT2D eigenvalue weighted by atomic mass is 79.9. The zero-order valence-corrected chi connectivity index (χ0v) is 6.26. The molecule has 0 bridgehead atoms. The SMILES string of the molecule is Br.CNc1ccco1. The van der Waals surface area contributed by atoms with Crippen LogP contribution in [0.5, 0.6) is 0 Å². The Balaban J connectivity index is 0.000000490. The molecule has 0 radical (unpaired) electrons. The van der Waals surface area contributed by atoms with Crippen LogP contribution in [0.2, 0.25) is 0 Å². The minimum atomic E-state index is 0. The van der Waals surface area contributed by atoms with Crippen molar-refractivity contribution >= 4 is 22.9 Å². The highest BCUT2D eigenvalue weighted by molar-refractivity contribution is 8.93. The second kappa shape index (κ2) is 3.55. The van der Waals surface area contributed by atoms with Crippen molar-refractivity contribution in [3.63, 3.8) is 0 Å². The Hall–Kier alpha value is -0.440. The summed E-state index contributed by atoms with van der Waals surface area (Å²) in [6.07, 6.45) is 1.63. The molecule has 0 saturated heterocycles. The fourth-order valence-corrected chi connectivity index (χ4v) is 0.421. The highest BCUT2D eigenvalue weighted by Gasteiger charge is 1.82. The summed E-state index contributed by atoms with van der Waals surface area (Å²) in [5, 5.41) is 2.84. The molecule has 46 valence electrons. The van der Waals surface area contributed by atoms with E-state index >= 15 is 0 Å². The van der Waals surface area contributed by atoms with E-state index in [2.05, 4.69) is 5.32 Å². The zero-order valence-electron chi connectivity index (χ0n) is 4.55. The monoisotopic (exact) mass is 177 g/mol. The molecule has 0 aromatic carbocycles. The van der Waals surface area contributed by atoms with Crippen LogP contribution in [0.1, 0.15) is 0 Å². The van der Waals surface area contributed by atoms with Gasteiger partial charge in [0, 0.05) is 13.1 Å². The van der Waals surface area contributed by atoms with Gasteiger partial charge in [0.2, 0.25) is 0 Å². The van der Waals surface area contributed by atoms with E-state index in [4.69, 9.17) is 4.42 Å². The van der Waals surface area contributed by atoms with E-state index in [1.807, 2.05) is 19.2 Å². The number of hydrogen-bond acceptors (Lipinski definition) is 2. The lowest BCUT2D eigenvalue weighted by Gasteiger charge is -1.85. The highest BCUT2D eigenvalue weighted by Crippen LogP contribution is 2.03. The molecule has 1 heterocycles. The Labute approximate surface area is 58.7 Å². The van der Waals surface area contributed by atoms with Crippen LogP contribution in [0, 0.1) is 0 Å². The summed E-state index contributed by atoms with van der Waals surface area (Å²) in [5.74, 6) is 0.806. The van der Waals surface area contributed by atoms with Gasteiger partial charge in [-0.25, -0.2) is 0 Å². The fraction of sp³-hybridized carbons (Fsp3) is 0.200. The maximum Gasteiger partial charge on any atom is 0.192 e. The summed E-state index contributed by atoms with van der Waals surface area (Å²) in [4.78, 5) is 0. The first kappa shape index (κ1) is 7.56. The van der Waals surface area contributed by atoms with Crippen LogP contribution < -0.4 is 5.32 Å². The maximum absolute atomic E-state index is 4.87. The maximum atomic E-state index is 4.87. The number of hydrogen-bond donors (Lipinski definition) is 1. The van der Waals surface area contributed by atoms with E-state index in [1.165, 1.54) is 0 Å². The number of nitrogens with one attached hydrogen (secondary N) is 1. The van der Waals surface area contributed by atoms with Crippen molar-refractivity contribution in [1.29, 1.82) is 0 Å². The third kappa shape index (κ3) is 1.58. The molecule has 2 nitrogen and oxygen atoms in total. The quantitative estimate of drug-likeness (QED) is 0.710. The molecule has 1 aromatic heterocycles. The molecule has 1 rings (SSSR count). The molecule has 3 heteroatoms. The van der Waals surface area contributed by atoms with Crippen molar-refractivity contribution in [3.05, 3.63) is 18.4 Å². The third-order valence-electron chi connectivity index (χ3n) is 0.768. The van der Waals surface area contributed by atoms with Crippen molar-refractivity contribution in [2.24, 2.45) is 0 Å². The number of halogens is 1. The van der Waals surface area contributed by atoms with Gasteiger partial charge in [0.25, 0.3) is 0 Å². The predicted octanol–water partition coefficient (Wildman–Crippen LogP) is 1.90. The van der Waals surface area contributed by atoms with E-state index in [1.54, 1.807) is 6.26 Å². The molecule has 1 N–H and O–H groups in total. The van der Waals surface area contributed by atoms with Gasteiger partial charge in [-0.15, -0.1) is 17.0 Å². The summed E-state index contributed by atoms with van der Waals surface area (Å²) >= 11 is 0. The second-order valence-corrected chi connectivity index (χ2v) is 1.23. The Morgan fingerprint density at radius 3 is 2.62 bits per heavy atom. The minimum Gasteiger partial charge on any atom is -0.449 e. The number of rotatable bonds is 1. The minimum absolute atomic E-state index is 0. The van der Waals surface area contributed by atoms with Crippen LogP contribution in [0.25, 0.3) is 0 Å². The first-order valence-corrected chi connectivity index (χ1v) is 2.15. The van der Waals surface area contributed by atoms with Crippen LogP contribution in [-0.2, 0) is 0 Å². The van der Waals surface area contributed by atoms with E-state index in [9.17, 15) is 0 Å². The van der Waals surface area contributed by atoms with Crippen LogP contribution in [0.4, 0.5) is 5.88 Å². The van der Waals surface area contributed by atoms with E-state index in [0.717, 1.165) is 5.88 Å². The smallest absolute Gasteiger partial charge is 0.192 e. The first-order chi connectivity index (χ1) is 3.43. The molecule has 0 aliphatic heterocycles. The Bertz CT molecular complexity index is 127. The van der Waals surface area contributed by atoms with Gasteiger partial charge in [0.05, 0.1) is 6.26 Å². The van der Waals surface area contributed by atoms with Gasteiger partial charge in [-0.3, -0.25) is 0 Å². The van der Waals surface area contributed by atoms with Crippen molar-refractivity contribution in [2.45, 2.75) is 0 Å². The van der Waals surface area contributed by atoms with E-state index < -0.39 is 0 Å². The Morgan fingerprint density at radius 1 is 1.62 bits per heavy atom. The summed E-state index contributed by atoms with van der Waals surface area (Å²) in [6.45, 7) is 0. The van der Waals surface area contributed by atoms with Gasteiger partial charge in [0.15, 0.2) is 5.88 Å². The predicted molar refractivity (Wildman–Crippen MR) is 38.6 cm³/mol. The molecule has 0 saturated carbocycles. The van der Waals surface area contributed by atoms with E-state index in [0.29, 0.717) is 0 Å². The standard InChI is InChI=1S/C5H7NO.BrH/c1-6-5-3-2-4-7-5;/h2-4,6H,1H3;1H. The summed E-state index contributed by atoms with van der Waals surface area (Å²) in [7, 11) is 1.82.